The van der Waals surface area contributed by atoms with Crippen LogP contribution in [0.2, 0.25) is 5.02 Å². The van der Waals surface area contributed by atoms with Crippen LogP contribution >= 0.6 is 11.6 Å². The van der Waals surface area contributed by atoms with Gasteiger partial charge in [-0.1, -0.05) is 35.9 Å². The number of halogens is 1. The first kappa shape index (κ1) is 16.8. The van der Waals surface area contributed by atoms with E-state index in [0.717, 1.165) is 0 Å². The van der Waals surface area contributed by atoms with E-state index in [1.165, 1.54) is 7.11 Å². The molecule has 2 aromatic carbocycles. The van der Waals surface area contributed by atoms with Crippen molar-refractivity contribution in [3.8, 4) is 5.75 Å². The first-order chi connectivity index (χ1) is 10.4. The van der Waals surface area contributed by atoms with Crippen LogP contribution in [0.5, 0.6) is 5.75 Å². The van der Waals surface area contributed by atoms with Crippen molar-refractivity contribution in [1.82, 2.24) is 0 Å². The van der Waals surface area contributed by atoms with Crippen molar-refractivity contribution in [2.45, 2.75) is 11.9 Å². The number of ether oxygens (including phenoxy) is 1. The van der Waals surface area contributed by atoms with Gasteiger partial charge in [0.05, 0.1) is 24.7 Å². The minimum atomic E-state index is -3.46. The molecule has 0 aromatic heterocycles. The van der Waals surface area contributed by atoms with E-state index in [0.29, 0.717) is 21.9 Å². The topological polar surface area (TPSA) is 63.6 Å². The third kappa shape index (κ3) is 4.73. The summed E-state index contributed by atoms with van der Waals surface area (Å²) < 4.78 is 29.5. The molecule has 0 aliphatic heterocycles. The van der Waals surface area contributed by atoms with E-state index >= 15 is 0 Å². The normalized spacial score (nSPS) is 12.9. The van der Waals surface area contributed by atoms with Gasteiger partial charge in [0.1, 0.15) is 5.75 Å². The molecule has 1 unspecified atom stereocenters. The predicted octanol–water partition coefficient (Wildman–Crippen LogP) is 3.00. The van der Waals surface area contributed by atoms with Gasteiger partial charge >= 0.3 is 0 Å². The molecule has 0 spiro atoms. The average Bonchev–Trinajstić information content (AvgIpc) is 2.47. The monoisotopic (exact) mass is 340 g/mol. The molecule has 0 heterocycles. The summed E-state index contributed by atoms with van der Waals surface area (Å²) in [5.74, 6) is 0.117. The van der Waals surface area contributed by atoms with Crippen LogP contribution in [-0.2, 0) is 15.6 Å². The van der Waals surface area contributed by atoms with Crippen molar-refractivity contribution >= 4 is 21.4 Å². The van der Waals surface area contributed by atoms with Gasteiger partial charge in [-0.15, -0.1) is 0 Å². The molecule has 6 heteroatoms. The van der Waals surface area contributed by atoms with E-state index in [2.05, 4.69) is 0 Å². The number of hydrogen-bond acceptors (Lipinski definition) is 4. The maximum atomic E-state index is 12.2. The molecule has 0 aliphatic rings. The third-order valence-electron chi connectivity index (χ3n) is 3.19. The summed E-state index contributed by atoms with van der Waals surface area (Å²) in [6, 6.07) is 13.4. The van der Waals surface area contributed by atoms with Gasteiger partial charge in [0.2, 0.25) is 0 Å². The summed E-state index contributed by atoms with van der Waals surface area (Å²) in [5.41, 5.74) is 1.15. The zero-order valence-corrected chi connectivity index (χ0v) is 13.6. The fraction of sp³-hybridized carbons (Fsp3) is 0.250. The molecule has 0 saturated carbocycles. The summed E-state index contributed by atoms with van der Waals surface area (Å²) >= 11 is 5.77. The lowest BCUT2D eigenvalue weighted by Crippen LogP contribution is -2.16. The molecule has 1 N–H and O–H groups in total. The smallest absolute Gasteiger partial charge is 0.157 e. The second-order valence-electron chi connectivity index (χ2n) is 4.97. The van der Waals surface area contributed by atoms with Crippen molar-refractivity contribution in [3.05, 3.63) is 64.7 Å². The van der Waals surface area contributed by atoms with E-state index in [-0.39, 0.29) is 11.5 Å². The lowest BCUT2D eigenvalue weighted by Gasteiger charge is -2.12. The van der Waals surface area contributed by atoms with Gasteiger partial charge in [-0.2, -0.15) is 0 Å². The molecular weight excluding hydrogens is 324 g/mol. The Morgan fingerprint density at radius 3 is 2.50 bits per heavy atom. The largest absolute Gasteiger partial charge is 0.497 e. The van der Waals surface area contributed by atoms with Crippen molar-refractivity contribution < 1.29 is 18.3 Å². The maximum Gasteiger partial charge on any atom is 0.157 e. The Balaban J connectivity index is 2.08. The summed E-state index contributed by atoms with van der Waals surface area (Å²) in [5, 5.41) is 10.6. The third-order valence-corrected chi connectivity index (χ3v) is 5.04. The Hall–Kier alpha value is -1.56. The van der Waals surface area contributed by atoms with Gasteiger partial charge in [0.25, 0.3) is 0 Å². The van der Waals surface area contributed by atoms with Crippen molar-refractivity contribution in [1.29, 1.82) is 0 Å². The number of aliphatic hydroxyl groups is 1. The second-order valence-corrected chi connectivity index (χ2v) is 7.52. The van der Waals surface area contributed by atoms with E-state index in [9.17, 15) is 13.5 Å². The Labute approximate surface area is 135 Å². The van der Waals surface area contributed by atoms with Crippen LogP contribution in [0.15, 0.2) is 48.5 Å². The molecule has 2 rings (SSSR count). The summed E-state index contributed by atoms with van der Waals surface area (Å²) in [6.07, 6.45) is -1.08. The number of hydrogen-bond donors (Lipinski definition) is 1. The van der Waals surface area contributed by atoms with Gasteiger partial charge < -0.3 is 9.84 Å². The molecule has 118 valence electrons. The summed E-state index contributed by atoms with van der Waals surface area (Å²) in [7, 11) is -1.93. The minimum absolute atomic E-state index is 0.144. The highest BCUT2D eigenvalue weighted by atomic mass is 35.5. The van der Waals surface area contributed by atoms with Crippen LogP contribution in [0.3, 0.4) is 0 Å². The first-order valence-electron chi connectivity index (χ1n) is 6.66. The number of aliphatic hydroxyl groups excluding tert-OH is 1. The number of rotatable bonds is 6. The van der Waals surface area contributed by atoms with Gasteiger partial charge in [-0.25, -0.2) is 8.42 Å². The Morgan fingerprint density at radius 1 is 1.18 bits per heavy atom. The Kier molecular flexibility index (Phi) is 5.45. The standard InChI is InChI=1S/C16H17ClO4S/c1-21-15-4-2-3-12(9-15)10-22(19,20)11-16(18)13-5-7-14(17)8-6-13/h2-9,16,18H,10-11H2,1H3. The highest BCUT2D eigenvalue weighted by molar-refractivity contribution is 7.90. The number of benzene rings is 2. The van der Waals surface area contributed by atoms with E-state index in [1.807, 2.05) is 0 Å². The highest BCUT2D eigenvalue weighted by Crippen LogP contribution is 2.21. The quantitative estimate of drug-likeness (QED) is 0.878. The minimum Gasteiger partial charge on any atom is -0.497 e. The second kappa shape index (κ2) is 7.13. The van der Waals surface area contributed by atoms with Crippen molar-refractivity contribution in [2.24, 2.45) is 0 Å². The molecular formula is C16H17ClO4S. The van der Waals surface area contributed by atoms with E-state index in [4.69, 9.17) is 16.3 Å². The molecule has 1 atom stereocenters. The number of sulfone groups is 1. The van der Waals surface area contributed by atoms with Gasteiger partial charge in [-0.05, 0) is 35.4 Å². The first-order valence-corrected chi connectivity index (χ1v) is 8.86. The molecule has 22 heavy (non-hydrogen) atoms. The highest BCUT2D eigenvalue weighted by Gasteiger charge is 2.19. The molecule has 0 amide bonds. The molecule has 0 aliphatic carbocycles. The molecule has 0 radical (unpaired) electrons. The lowest BCUT2D eigenvalue weighted by molar-refractivity contribution is 0.201. The fourth-order valence-electron chi connectivity index (χ4n) is 2.10. The molecule has 4 nitrogen and oxygen atoms in total. The van der Waals surface area contributed by atoms with Gasteiger partial charge in [0, 0.05) is 5.02 Å². The summed E-state index contributed by atoms with van der Waals surface area (Å²) in [6.45, 7) is 0. The Bertz CT molecular complexity index is 726. The zero-order valence-electron chi connectivity index (χ0n) is 12.1. The lowest BCUT2D eigenvalue weighted by atomic mass is 10.1. The van der Waals surface area contributed by atoms with Crippen LogP contribution in [-0.4, -0.2) is 26.4 Å². The molecule has 2 aromatic rings. The molecule has 0 fully saturated rings. The fourth-order valence-corrected chi connectivity index (χ4v) is 3.70. The van der Waals surface area contributed by atoms with E-state index < -0.39 is 15.9 Å². The van der Waals surface area contributed by atoms with Crippen molar-refractivity contribution in [2.75, 3.05) is 12.9 Å². The van der Waals surface area contributed by atoms with Crippen LogP contribution in [0.1, 0.15) is 17.2 Å². The van der Waals surface area contributed by atoms with Crippen LogP contribution in [0, 0.1) is 0 Å². The summed E-state index contributed by atoms with van der Waals surface area (Å²) in [4.78, 5) is 0. The van der Waals surface area contributed by atoms with Gasteiger partial charge in [0.15, 0.2) is 9.84 Å². The van der Waals surface area contributed by atoms with Crippen LogP contribution < -0.4 is 4.74 Å². The average molecular weight is 341 g/mol. The van der Waals surface area contributed by atoms with E-state index in [1.54, 1.807) is 48.5 Å². The predicted molar refractivity (Wildman–Crippen MR) is 86.9 cm³/mol. The van der Waals surface area contributed by atoms with Crippen LogP contribution in [0.4, 0.5) is 0 Å². The molecule has 0 saturated heterocycles. The SMILES string of the molecule is COc1cccc(CS(=O)(=O)CC(O)c2ccc(Cl)cc2)c1. The Morgan fingerprint density at radius 2 is 1.86 bits per heavy atom. The maximum absolute atomic E-state index is 12.2. The van der Waals surface area contributed by atoms with Gasteiger partial charge in [-0.3, -0.25) is 0 Å². The number of methoxy groups -OCH3 is 1. The zero-order chi connectivity index (χ0) is 16.2. The van der Waals surface area contributed by atoms with Crippen LogP contribution in [0.25, 0.3) is 0 Å². The van der Waals surface area contributed by atoms with Crippen molar-refractivity contribution in [3.63, 3.8) is 0 Å². The molecule has 0 bridgehead atoms.